The average molecular weight is 403 g/mol. The topological polar surface area (TPSA) is 115 Å². The summed E-state index contributed by atoms with van der Waals surface area (Å²) in [5.74, 6) is -1.25. The molecule has 2 rings (SSSR count). The molecule has 146 valence electrons. The van der Waals surface area contributed by atoms with Crippen LogP contribution in [0, 0.1) is 13.5 Å². The molecule has 2 aromatic carbocycles. The number of rotatable bonds is 5. The molecular weight excluding hydrogens is 384 g/mol. The van der Waals surface area contributed by atoms with Crippen LogP contribution < -0.4 is 16.2 Å². The van der Waals surface area contributed by atoms with E-state index in [1.807, 2.05) is 0 Å². The number of aliphatic hydroxyl groups excluding tert-OH is 1. The molecule has 0 saturated carbocycles. The SMILES string of the molecule is [C-]#[N+]c1ccc(N[C@@H](C(=O)NNC(=O)c2ccc(O)cc2)[C@@H](C)O)c(C)c1Cl. The highest BCUT2D eigenvalue weighted by atomic mass is 35.5. The first kappa shape index (κ1) is 21.0. The van der Waals surface area contributed by atoms with Crippen LogP contribution in [-0.2, 0) is 4.79 Å². The van der Waals surface area contributed by atoms with Crippen molar-refractivity contribution < 1.29 is 19.8 Å². The standard InChI is InChI=1S/C19H19ClN4O4/c1-10-14(8-9-15(21-3)16(10)20)22-17(11(2)25)19(28)24-23-18(27)12-4-6-13(26)7-5-12/h4-9,11,17,22,25-26H,1-2H3,(H,23,27)(H,24,28)/t11-,17-/m1/s1. The molecule has 2 aromatic rings. The molecule has 0 aromatic heterocycles. The van der Waals surface area contributed by atoms with Crippen molar-refractivity contribution in [3.8, 4) is 5.75 Å². The highest BCUT2D eigenvalue weighted by molar-refractivity contribution is 6.34. The first-order chi connectivity index (χ1) is 13.2. The van der Waals surface area contributed by atoms with E-state index in [-0.39, 0.29) is 22.0 Å². The third kappa shape index (κ3) is 4.91. The predicted octanol–water partition coefficient (Wildman–Crippen LogP) is 2.53. The first-order valence-electron chi connectivity index (χ1n) is 8.25. The third-order valence-corrected chi connectivity index (χ3v) is 4.47. The van der Waals surface area contributed by atoms with Crippen molar-refractivity contribution in [1.29, 1.82) is 0 Å². The largest absolute Gasteiger partial charge is 0.508 e. The van der Waals surface area contributed by atoms with Crippen molar-refractivity contribution in [2.75, 3.05) is 5.32 Å². The fraction of sp³-hybridized carbons (Fsp3) is 0.211. The lowest BCUT2D eigenvalue weighted by Gasteiger charge is -2.23. The summed E-state index contributed by atoms with van der Waals surface area (Å²) >= 11 is 6.13. The van der Waals surface area contributed by atoms with Crippen molar-refractivity contribution >= 4 is 34.8 Å². The zero-order chi connectivity index (χ0) is 20.8. The lowest BCUT2D eigenvalue weighted by Crippen LogP contribution is -2.52. The number of carbonyl (C=O) groups is 2. The molecule has 0 bridgehead atoms. The summed E-state index contributed by atoms with van der Waals surface area (Å²) < 4.78 is 0. The smallest absolute Gasteiger partial charge is 0.269 e. The van der Waals surface area contributed by atoms with Gasteiger partial charge in [0.2, 0.25) is 5.69 Å². The normalized spacial score (nSPS) is 12.4. The molecule has 8 nitrogen and oxygen atoms in total. The van der Waals surface area contributed by atoms with Gasteiger partial charge in [0.25, 0.3) is 11.8 Å². The Balaban J connectivity index is 2.08. The van der Waals surface area contributed by atoms with E-state index in [0.29, 0.717) is 11.3 Å². The molecule has 0 spiro atoms. The van der Waals surface area contributed by atoms with Gasteiger partial charge in [0.05, 0.1) is 17.7 Å². The maximum atomic E-state index is 12.4. The molecule has 0 saturated heterocycles. The molecule has 0 fully saturated rings. The minimum atomic E-state index is -1.09. The quantitative estimate of drug-likeness (QED) is 0.389. The van der Waals surface area contributed by atoms with Gasteiger partial charge < -0.3 is 15.5 Å². The Hall–Kier alpha value is -3.28. The number of aliphatic hydroxyl groups is 1. The van der Waals surface area contributed by atoms with Crippen LogP contribution in [0.3, 0.4) is 0 Å². The molecule has 2 atom stereocenters. The number of nitrogens with zero attached hydrogens (tertiary/aromatic N) is 1. The molecule has 9 heteroatoms. The Kier molecular flexibility index (Phi) is 6.82. The maximum Gasteiger partial charge on any atom is 0.269 e. The van der Waals surface area contributed by atoms with E-state index in [4.69, 9.17) is 18.2 Å². The zero-order valence-corrected chi connectivity index (χ0v) is 15.9. The third-order valence-electron chi connectivity index (χ3n) is 3.99. The van der Waals surface area contributed by atoms with Crippen LogP contribution in [0.25, 0.3) is 4.85 Å². The Bertz CT molecular complexity index is 923. The molecule has 0 aliphatic heterocycles. The van der Waals surface area contributed by atoms with Crippen molar-refractivity contribution in [2.24, 2.45) is 0 Å². The number of halogens is 1. The molecule has 2 amide bonds. The van der Waals surface area contributed by atoms with Gasteiger partial charge >= 0.3 is 0 Å². The summed E-state index contributed by atoms with van der Waals surface area (Å²) in [6.07, 6.45) is -1.09. The molecular formula is C19H19ClN4O4. The number of hydrazine groups is 1. The second-order valence-corrected chi connectivity index (χ2v) is 6.41. The van der Waals surface area contributed by atoms with Gasteiger partial charge in [-0.1, -0.05) is 17.7 Å². The second kappa shape index (κ2) is 9.08. The number of hydrogen-bond donors (Lipinski definition) is 5. The van der Waals surface area contributed by atoms with Crippen LogP contribution in [0.2, 0.25) is 5.02 Å². The molecule has 0 radical (unpaired) electrons. The van der Waals surface area contributed by atoms with Crippen LogP contribution in [0.15, 0.2) is 36.4 Å². The van der Waals surface area contributed by atoms with Crippen molar-refractivity contribution in [1.82, 2.24) is 10.9 Å². The maximum absolute atomic E-state index is 12.4. The van der Waals surface area contributed by atoms with Crippen LogP contribution in [0.1, 0.15) is 22.8 Å². The Morgan fingerprint density at radius 3 is 2.36 bits per heavy atom. The molecule has 5 N–H and O–H groups in total. The van der Waals surface area contributed by atoms with E-state index in [9.17, 15) is 19.8 Å². The molecule has 0 heterocycles. The lowest BCUT2D eigenvalue weighted by molar-refractivity contribution is -0.124. The summed E-state index contributed by atoms with van der Waals surface area (Å²) in [7, 11) is 0. The number of phenols is 1. The monoisotopic (exact) mass is 402 g/mol. The lowest BCUT2D eigenvalue weighted by atomic mass is 10.1. The van der Waals surface area contributed by atoms with Crippen LogP contribution >= 0.6 is 11.6 Å². The highest BCUT2D eigenvalue weighted by Gasteiger charge is 2.25. The second-order valence-electron chi connectivity index (χ2n) is 6.04. The number of amides is 2. The molecule has 0 unspecified atom stereocenters. The van der Waals surface area contributed by atoms with E-state index in [1.165, 1.54) is 37.3 Å². The van der Waals surface area contributed by atoms with E-state index < -0.39 is 24.0 Å². The van der Waals surface area contributed by atoms with Gasteiger partial charge in [-0.3, -0.25) is 20.4 Å². The van der Waals surface area contributed by atoms with Gasteiger partial charge in [-0.25, -0.2) is 4.85 Å². The van der Waals surface area contributed by atoms with Crippen LogP contribution in [0.5, 0.6) is 5.75 Å². The van der Waals surface area contributed by atoms with E-state index >= 15 is 0 Å². The highest BCUT2D eigenvalue weighted by Crippen LogP contribution is 2.33. The number of carbonyl (C=O) groups excluding carboxylic acids is 2. The number of anilines is 1. The number of benzene rings is 2. The Morgan fingerprint density at radius 1 is 1.14 bits per heavy atom. The summed E-state index contributed by atoms with van der Waals surface area (Å²) in [4.78, 5) is 27.8. The van der Waals surface area contributed by atoms with Gasteiger partial charge in [0.15, 0.2) is 0 Å². The van der Waals surface area contributed by atoms with Gasteiger partial charge in [0, 0.05) is 11.3 Å². The summed E-state index contributed by atoms with van der Waals surface area (Å²) in [5, 5.41) is 22.3. The minimum Gasteiger partial charge on any atom is -0.508 e. The summed E-state index contributed by atoms with van der Waals surface area (Å²) in [5.41, 5.74) is 6.04. The van der Waals surface area contributed by atoms with Gasteiger partial charge in [-0.05, 0) is 49.7 Å². The van der Waals surface area contributed by atoms with Crippen molar-refractivity contribution in [2.45, 2.75) is 26.0 Å². The van der Waals surface area contributed by atoms with E-state index in [2.05, 4.69) is 21.0 Å². The Labute approximate surface area is 166 Å². The minimum absolute atomic E-state index is 0.0113. The van der Waals surface area contributed by atoms with E-state index in [0.717, 1.165) is 0 Å². The average Bonchev–Trinajstić information content (AvgIpc) is 2.67. The zero-order valence-electron chi connectivity index (χ0n) is 15.2. The van der Waals surface area contributed by atoms with Crippen LogP contribution in [-0.4, -0.2) is 34.2 Å². The van der Waals surface area contributed by atoms with E-state index in [1.54, 1.807) is 13.0 Å². The number of aromatic hydroxyl groups is 1. The van der Waals surface area contributed by atoms with Gasteiger partial charge in [-0.15, -0.1) is 0 Å². The number of phenolic OH excluding ortho intramolecular Hbond substituents is 1. The fourth-order valence-electron chi connectivity index (χ4n) is 2.37. The predicted molar refractivity (Wildman–Crippen MR) is 105 cm³/mol. The van der Waals surface area contributed by atoms with Crippen molar-refractivity contribution in [3.05, 3.63) is 64.0 Å². The molecule has 0 aliphatic carbocycles. The fourth-order valence-corrected chi connectivity index (χ4v) is 2.57. The summed E-state index contributed by atoms with van der Waals surface area (Å²) in [6, 6.07) is 7.48. The number of hydrogen-bond acceptors (Lipinski definition) is 5. The van der Waals surface area contributed by atoms with Crippen LogP contribution in [0.4, 0.5) is 11.4 Å². The first-order valence-corrected chi connectivity index (χ1v) is 8.62. The van der Waals surface area contributed by atoms with Gasteiger partial charge in [-0.2, -0.15) is 0 Å². The molecule has 0 aliphatic rings. The number of nitrogens with one attached hydrogen (secondary N) is 3. The molecule has 28 heavy (non-hydrogen) atoms. The summed E-state index contributed by atoms with van der Waals surface area (Å²) in [6.45, 7) is 10.2. The van der Waals surface area contributed by atoms with Crippen molar-refractivity contribution in [3.63, 3.8) is 0 Å². The Morgan fingerprint density at radius 2 is 1.79 bits per heavy atom. The van der Waals surface area contributed by atoms with Gasteiger partial charge in [0.1, 0.15) is 11.8 Å².